The third-order valence-electron chi connectivity index (χ3n) is 14.0. The standard InChI is InChI=1S/C26H28N2O4.C26H30N2O2/c1-32-26(31)18-11-12-19-22(15-18)28-14-13-27(16-23(29)30)21-10-6-5-9-20(21)25(28)24(19)17-7-3-2-4-8-17;1-3-27-15-16-28-23-17-19(26(29)30-2)13-14-20(23)24(18-9-5-4-6-10-18)25(28)21-11-7-8-12-22(21)27/h5-6,9-12,15,17H,2-4,7-8,13-14,16H2,1H3,(H,29,30);7-8,11-14,17-18H,3-6,9-10,15-16H2,1-2H3. The van der Waals surface area contributed by atoms with E-state index in [2.05, 4.69) is 63.4 Å². The Bertz CT molecular complexity index is 2650. The molecule has 1 N–H and O–H groups in total. The van der Waals surface area contributed by atoms with Crippen molar-refractivity contribution in [3.63, 3.8) is 0 Å². The normalized spacial score (nSPS) is 16.6. The predicted octanol–water partition coefficient (Wildman–Crippen LogP) is 11.0. The van der Waals surface area contributed by atoms with Gasteiger partial charge in [0.1, 0.15) is 6.54 Å². The van der Waals surface area contributed by atoms with Gasteiger partial charge in [0.25, 0.3) is 0 Å². The number of nitrogens with zero attached hydrogens (tertiary/aromatic N) is 4. The Morgan fingerprint density at radius 2 is 1.02 bits per heavy atom. The van der Waals surface area contributed by atoms with E-state index in [1.807, 2.05) is 47.4 Å². The maximum Gasteiger partial charge on any atom is 0.337 e. The monoisotopic (exact) mass is 834 g/mol. The van der Waals surface area contributed by atoms with Gasteiger partial charge in [-0.25, -0.2) is 9.59 Å². The number of aromatic nitrogens is 2. The number of esters is 2. The zero-order chi connectivity index (χ0) is 42.9. The number of carbonyl (C=O) groups excluding carboxylic acids is 2. The molecule has 10 heteroatoms. The molecule has 4 aromatic carbocycles. The number of methoxy groups -OCH3 is 2. The largest absolute Gasteiger partial charge is 0.480 e. The number of benzene rings is 4. The maximum atomic E-state index is 12.3. The van der Waals surface area contributed by atoms with Crippen LogP contribution < -0.4 is 9.80 Å². The summed E-state index contributed by atoms with van der Waals surface area (Å²) in [6.07, 6.45) is 12.5. The molecule has 0 spiro atoms. The lowest BCUT2D eigenvalue weighted by atomic mass is 9.81. The van der Waals surface area contributed by atoms with Gasteiger partial charge in [0.2, 0.25) is 0 Å². The summed E-state index contributed by atoms with van der Waals surface area (Å²) < 4.78 is 14.8. The lowest BCUT2D eigenvalue weighted by molar-refractivity contribution is -0.135. The minimum Gasteiger partial charge on any atom is -0.480 e. The molecule has 2 saturated carbocycles. The lowest BCUT2D eigenvalue weighted by Gasteiger charge is -2.25. The van der Waals surface area contributed by atoms with Crippen LogP contribution in [0.2, 0.25) is 0 Å². The van der Waals surface area contributed by atoms with Crippen molar-refractivity contribution in [1.82, 2.24) is 9.13 Å². The van der Waals surface area contributed by atoms with Crippen LogP contribution in [0.1, 0.15) is 115 Å². The van der Waals surface area contributed by atoms with Crippen LogP contribution in [-0.2, 0) is 27.4 Å². The number of carbonyl (C=O) groups is 3. The minimum atomic E-state index is -0.836. The Morgan fingerprint density at radius 3 is 1.45 bits per heavy atom. The number of ether oxygens (including phenoxy) is 2. The quantitative estimate of drug-likeness (QED) is 0.159. The van der Waals surface area contributed by atoms with E-state index in [0.717, 1.165) is 49.2 Å². The summed E-state index contributed by atoms with van der Waals surface area (Å²) in [5, 5.41) is 12.0. The molecule has 0 bridgehead atoms. The van der Waals surface area contributed by atoms with Crippen LogP contribution in [0, 0.1) is 0 Å². The van der Waals surface area contributed by atoms with Gasteiger partial charge >= 0.3 is 17.9 Å². The van der Waals surface area contributed by atoms with Crippen molar-refractivity contribution in [2.24, 2.45) is 0 Å². The zero-order valence-electron chi connectivity index (χ0n) is 36.3. The molecule has 0 atom stereocenters. The highest BCUT2D eigenvalue weighted by Crippen LogP contribution is 2.49. The first-order valence-corrected chi connectivity index (χ1v) is 22.7. The van der Waals surface area contributed by atoms with E-state index >= 15 is 0 Å². The van der Waals surface area contributed by atoms with E-state index < -0.39 is 5.97 Å². The molecule has 2 aliphatic heterocycles. The molecule has 0 unspecified atom stereocenters. The molecule has 10 rings (SSSR count). The van der Waals surface area contributed by atoms with Gasteiger partial charge in [-0.05, 0) is 92.0 Å². The Hall–Kier alpha value is -6.03. The zero-order valence-corrected chi connectivity index (χ0v) is 36.3. The van der Waals surface area contributed by atoms with Gasteiger partial charge in [0.05, 0.1) is 36.7 Å². The third kappa shape index (κ3) is 7.51. The number of rotatable bonds is 7. The number of hydrogen-bond acceptors (Lipinski definition) is 7. The van der Waals surface area contributed by atoms with E-state index in [9.17, 15) is 19.5 Å². The lowest BCUT2D eigenvalue weighted by Crippen LogP contribution is -2.31. The van der Waals surface area contributed by atoms with E-state index in [0.29, 0.717) is 36.1 Å². The molecule has 4 aliphatic rings. The second kappa shape index (κ2) is 17.8. The van der Waals surface area contributed by atoms with Crippen molar-refractivity contribution in [1.29, 1.82) is 0 Å². The van der Waals surface area contributed by atoms with Crippen molar-refractivity contribution in [2.75, 3.05) is 50.2 Å². The Kier molecular flexibility index (Phi) is 11.8. The highest BCUT2D eigenvalue weighted by molar-refractivity contribution is 6.01. The average molecular weight is 835 g/mol. The van der Waals surface area contributed by atoms with E-state index in [1.54, 1.807) is 0 Å². The number of likely N-dealkylation sites (N-methyl/N-ethyl adjacent to an activating group) is 1. The number of fused-ring (bicyclic) bond motifs is 10. The maximum absolute atomic E-state index is 12.3. The van der Waals surface area contributed by atoms with Crippen LogP contribution in [-0.4, -0.2) is 72.5 Å². The molecule has 0 amide bonds. The van der Waals surface area contributed by atoms with E-state index in [-0.39, 0.29) is 18.5 Å². The SMILES string of the molecule is CCN1CCn2c(c(C3CCCCC3)c3ccc(C(=O)OC)cc32)-c2ccccc21.COC(=O)c1ccc2c(C3CCCCC3)c3n(c2c1)CCN(CC(=O)O)c1ccccc1-3. The number of hydrogen-bond donors (Lipinski definition) is 1. The van der Waals surface area contributed by atoms with Crippen molar-refractivity contribution < 1.29 is 29.0 Å². The summed E-state index contributed by atoms with van der Waals surface area (Å²) in [5.74, 6) is -0.399. The summed E-state index contributed by atoms with van der Waals surface area (Å²) in [5.41, 5.74) is 13.4. The highest BCUT2D eigenvalue weighted by atomic mass is 16.5. The second-order valence-electron chi connectivity index (χ2n) is 17.4. The van der Waals surface area contributed by atoms with Crippen molar-refractivity contribution in [3.8, 4) is 22.5 Å². The summed E-state index contributed by atoms with van der Waals surface area (Å²) in [7, 11) is 2.85. The first-order chi connectivity index (χ1) is 30.3. The summed E-state index contributed by atoms with van der Waals surface area (Å²) >= 11 is 0. The first kappa shape index (κ1) is 41.3. The van der Waals surface area contributed by atoms with Gasteiger partial charge in [-0.2, -0.15) is 0 Å². The van der Waals surface area contributed by atoms with Crippen LogP contribution in [0.5, 0.6) is 0 Å². The molecule has 4 heterocycles. The van der Waals surface area contributed by atoms with Crippen molar-refractivity contribution >= 4 is 51.1 Å². The van der Waals surface area contributed by atoms with E-state index in [4.69, 9.17) is 9.47 Å². The summed E-state index contributed by atoms with van der Waals surface area (Å²) in [6.45, 7) is 6.32. The van der Waals surface area contributed by atoms with E-state index in [1.165, 1.54) is 116 Å². The fraction of sp³-hybridized carbons (Fsp3) is 0.404. The van der Waals surface area contributed by atoms with Gasteiger partial charge in [0.15, 0.2) is 0 Å². The molecule has 62 heavy (non-hydrogen) atoms. The van der Waals surface area contributed by atoms with Crippen LogP contribution in [0.25, 0.3) is 44.3 Å². The molecular formula is C52H58N4O6. The van der Waals surface area contributed by atoms with Crippen LogP contribution in [0.3, 0.4) is 0 Å². The Morgan fingerprint density at radius 1 is 0.581 bits per heavy atom. The minimum absolute atomic E-state index is 0.0358. The number of aliphatic carboxylic acids is 1. The van der Waals surface area contributed by atoms with Crippen molar-refractivity contribution in [2.45, 2.75) is 96.1 Å². The third-order valence-corrected chi connectivity index (χ3v) is 14.0. The van der Waals surface area contributed by atoms with Gasteiger partial charge in [-0.1, -0.05) is 87.1 Å². The fourth-order valence-electron chi connectivity index (χ4n) is 11.1. The van der Waals surface area contributed by atoms with Gasteiger partial charge in [-0.15, -0.1) is 0 Å². The number of carboxylic acid groups (broad SMARTS) is 1. The van der Waals surface area contributed by atoms with Gasteiger partial charge in [0, 0.05) is 77.0 Å². The molecule has 0 saturated heterocycles. The number of para-hydroxylation sites is 2. The second-order valence-corrected chi connectivity index (χ2v) is 17.4. The smallest absolute Gasteiger partial charge is 0.337 e. The molecule has 0 radical (unpaired) electrons. The number of carboxylic acids is 1. The topological polar surface area (TPSA) is 106 Å². The first-order valence-electron chi connectivity index (χ1n) is 22.7. The molecular weight excluding hydrogens is 777 g/mol. The molecule has 10 nitrogen and oxygen atoms in total. The predicted molar refractivity (Wildman–Crippen MR) is 247 cm³/mol. The highest BCUT2D eigenvalue weighted by Gasteiger charge is 2.32. The van der Waals surface area contributed by atoms with Crippen molar-refractivity contribution in [3.05, 3.63) is 107 Å². The Balaban J connectivity index is 0.000000158. The van der Waals surface area contributed by atoms with Crippen LogP contribution in [0.4, 0.5) is 11.4 Å². The Labute approximate surface area is 364 Å². The molecule has 6 aromatic rings. The van der Waals surface area contributed by atoms with Gasteiger partial charge < -0.3 is 33.5 Å². The molecule has 2 aromatic heterocycles. The van der Waals surface area contributed by atoms with Crippen LogP contribution >= 0.6 is 0 Å². The average Bonchev–Trinajstić information content (AvgIpc) is 3.69. The number of anilines is 2. The molecule has 2 aliphatic carbocycles. The summed E-state index contributed by atoms with van der Waals surface area (Å²) in [4.78, 5) is 40.5. The van der Waals surface area contributed by atoms with Gasteiger partial charge in [-0.3, -0.25) is 4.79 Å². The van der Waals surface area contributed by atoms with Crippen LogP contribution in [0.15, 0.2) is 84.9 Å². The summed E-state index contributed by atoms with van der Waals surface area (Å²) in [6, 6.07) is 29.0. The molecule has 322 valence electrons. The fourth-order valence-corrected chi connectivity index (χ4v) is 11.1. The molecule has 2 fully saturated rings.